The first-order valence-corrected chi connectivity index (χ1v) is 22.5. The van der Waals surface area contributed by atoms with Gasteiger partial charge in [0.25, 0.3) is 11.2 Å². The van der Waals surface area contributed by atoms with Gasteiger partial charge in [0.15, 0.2) is 0 Å². The molecule has 2 aromatic rings. The van der Waals surface area contributed by atoms with Crippen molar-refractivity contribution in [2.45, 2.75) is 135 Å². The highest BCUT2D eigenvalue weighted by Crippen LogP contribution is 2.88. The quantitative estimate of drug-likeness (QED) is 0.107. The Morgan fingerprint density at radius 3 is 1.84 bits per heavy atom. The zero-order valence-electron chi connectivity index (χ0n) is 37.2. The van der Waals surface area contributed by atoms with E-state index < -0.39 is 41.6 Å². The van der Waals surface area contributed by atoms with E-state index in [4.69, 9.17) is 18.9 Å². The summed E-state index contributed by atoms with van der Waals surface area (Å²) in [4.78, 5) is 27.6. The van der Waals surface area contributed by atoms with Crippen LogP contribution in [0.25, 0.3) is 0 Å². The van der Waals surface area contributed by atoms with Gasteiger partial charge in [-0.15, -0.1) is 0 Å². The smallest absolute Gasteiger partial charge is 0.432 e. The Hall–Kier alpha value is -3.38. The molecule has 5 aliphatic rings. The van der Waals surface area contributed by atoms with E-state index in [-0.39, 0.29) is 69.0 Å². The minimum atomic E-state index is -5.08. The summed E-state index contributed by atoms with van der Waals surface area (Å²) in [5, 5.41) is 0. The molecule has 0 aliphatic heterocycles. The van der Waals surface area contributed by atoms with E-state index in [0.717, 1.165) is 71.2 Å². The molecule has 0 bridgehead atoms. The highest BCUT2D eigenvalue weighted by Gasteiger charge is 2.81. The molecule has 6 nitrogen and oxygen atoms in total. The molecule has 0 saturated heterocycles. The number of carbonyl (C=O) groups excluding carboxylic acids is 2. The van der Waals surface area contributed by atoms with Crippen LogP contribution < -0.4 is 0 Å². The van der Waals surface area contributed by atoms with Gasteiger partial charge in [-0.1, -0.05) is 107 Å². The number of allylic oxidation sites excluding steroid dienone is 1. The molecule has 0 aromatic heterocycles. The fourth-order valence-corrected chi connectivity index (χ4v) is 14.3. The number of rotatable bonds is 14. The highest BCUT2D eigenvalue weighted by atomic mass is 19.4. The van der Waals surface area contributed by atoms with Gasteiger partial charge >= 0.3 is 24.3 Å². The lowest BCUT2D eigenvalue weighted by Gasteiger charge is -2.62. The third kappa shape index (κ3) is 6.79. The molecule has 5 aliphatic carbocycles. The molecule has 62 heavy (non-hydrogen) atoms. The van der Waals surface area contributed by atoms with Crippen LogP contribution in [0.1, 0.15) is 116 Å². The molecule has 5 saturated carbocycles. The van der Waals surface area contributed by atoms with E-state index >= 15 is 0 Å². The van der Waals surface area contributed by atoms with E-state index in [1.165, 1.54) is 48.5 Å². The SMILES string of the molecule is C=C(CC[C@@H](COC(=O)[C@](OC)(c1ccccc1)C(F)(F)F)[C@H]1CC[C@@]2(C)[C@@H]3CC[C@H]4[C@H](C)[C@@H](OC(=O)[C@](OC)(c5ccccc5)C(F)(F)F)CC[C@@]45C[C@@]35CC[C@]12C)C(C)C. The van der Waals surface area contributed by atoms with Crippen LogP contribution in [-0.4, -0.2) is 51.2 Å². The first-order chi connectivity index (χ1) is 29.1. The van der Waals surface area contributed by atoms with Crippen LogP contribution in [0.5, 0.6) is 0 Å². The standard InChI is InChI=1S/C50H64F6O6/c1-31(2)32(3)19-20-34(29-61-41(57)47(59-7,49(51,52)53)35-15-11-9-12-16-35)38-23-25-44(6)40-22-21-37-33(4)39(24-26-45(37)30-46(40,45)28-27-43(38,44)5)62-42(58)48(60-8,50(54,55)56)36-17-13-10-14-18-36/h9-18,31,33-34,37-40H,3,19-30H2,1-2,4-8H3/t33-,34-,37-,38+,39-,40-,43+,44-,45+,46-,47+,48+/m0/s1. The third-order valence-corrected chi connectivity index (χ3v) is 17.9. The monoisotopic (exact) mass is 874 g/mol. The molecule has 0 radical (unpaired) electrons. The summed E-state index contributed by atoms with van der Waals surface area (Å²) < 4.78 is 111. The first-order valence-electron chi connectivity index (χ1n) is 22.5. The molecule has 12 heteroatoms. The van der Waals surface area contributed by atoms with Crippen LogP contribution in [0.2, 0.25) is 0 Å². The van der Waals surface area contributed by atoms with E-state index in [0.29, 0.717) is 25.2 Å². The summed E-state index contributed by atoms with van der Waals surface area (Å²) >= 11 is 0. The minimum absolute atomic E-state index is 0.00488. The maximum Gasteiger partial charge on any atom is 0.432 e. The Balaban J connectivity index is 1.11. The maximum absolute atomic E-state index is 14.9. The van der Waals surface area contributed by atoms with Gasteiger partial charge < -0.3 is 18.9 Å². The fraction of sp³-hybridized carbons (Fsp3) is 0.680. The average molecular weight is 875 g/mol. The Kier molecular flexibility index (Phi) is 12.2. The predicted octanol–water partition coefficient (Wildman–Crippen LogP) is 12.3. The molecule has 7 rings (SSSR count). The van der Waals surface area contributed by atoms with Crippen LogP contribution in [0.3, 0.4) is 0 Å². The van der Waals surface area contributed by atoms with Crippen molar-refractivity contribution in [3.05, 3.63) is 83.9 Å². The number of fused-ring (bicyclic) bond motifs is 2. The normalized spacial score (nSPS) is 35.2. The van der Waals surface area contributed by atoms with E-state index in [9.17, 15) is 35.9 Å². The largest absolute Gasteiger partial charge is 0.463 e. The molecule has 0 amide bonds. The first kappa shape index (κ1) is 46.6. The number of halogens is 6. The zero-order chi connectivity index (χ0) is 45.3. The van der Waals surface area contributed by atoms with Crippen molar-refractivity contribution in [2.24, 2.45) is 57.2 Å². The molecular formula is C50H64F6O6. The molecule has 5 fully saturated rings. The van der Waals surface area contributed by atoms with Gasteiger partial charge in [-0.3, -0.25) is 0 Å². The molecule has 0 heterocycles. The van der Waals surface area contributed by atoms with Gasteiger partial charge in [-0.05, 0) is 128 Å². The van der Waals surface area contributed by atoms with Gasteiger partial charge in [-0.2, -0.15) is 26.3 Å². The highest BCUT2D eigenvalue weighted by molar-refractivity contribution is 5.83. The Labute approximate surface area is 362 Å². The molecule has 2 spiro atoms. The van der Waals surface area contributed by atoms with Gasteiger partial charge in [0.1, 0.15) is 6.10 Å². The maximum atomic E-state index is 14.9. The van der Waals surface area contributed by atoms with Gasteiger partial charge in [0.2, 0.25) is 0 Å². The van der Waals surface area contributed by atoms with Crippen LogP contribution in [0.15, 0.2) is 72.8 Å². The number of benzene rings is 2. The van der Waals surface area contributed by atoms with Crippen LogP contribution in [-0.2, 0) is 39.7 Å². The van der Waals surface area contributed by atoms with E-state index in [1.807, 2.05) is 6.92 Å². The lowest BCUT2D eigenvalue weighted by molar-refractivity contribution is -0.280. The lowest BCUT2D eigenvalue weighted by Crippen LogP contribution is -2.57. The van der Waals surface area contributed by atoms with Crippen molar-refractivity contribution in [1.29, 1.82) is 0 Å². The summed E-state index contributed by atoms with van der Waals surface area (Å²) in [7, 11) is 1.78. The number of ether oxygens (including phenoxy) is 4. The number of hydrogen-bond donors (Lipinski definition) is 0. The number of methoxy groups -OCH3 is 2. The second-order valence-electron chi connectivity index (χ2n) is 20.3. The summed E-state index contributed by atoms with van der Waals surface area (Å²) in [5.74, 6) is -2.41. The molecule has 2 aromatic carbocycles. The second-order valence-corrected chi connectivity index (χ2v) is 20.3. The van der Waals surface area contributed by atoms with Crippen molar-refractivity contribution in [3.8, 4) is 0 Å². The van der Waals surface area contributed by atoms with Crippen molar-refractivity contribution < 1.29 is 54.9 Å². The molecule has 12 atom stereocenters. The molecular weight excluding hydrogens is 811 g/mol. The Morgan fingerprint density at radius 2 is 1.31 bits per heavy atom. The predicted molar refractivity (Wildman–Crippen MR) is 222 cm³/mol. The van der Waals surface area contributed by atoms with Crippen LogP contribution >= 0.6 is 0 Å². The summed E-state index contributed by atoms with van der Waals surface area (Å²) in [6, 6.07) is 13.9. The second kappa shape index (κ2) is 16.2. The van der Waals surface area contributed by atoms with Gasteiger partial charge in [0, 0.05) is 25.3 Å². The van der Waals surface area contributed by atoms with E-state index in [2.05, 4.69) is 34.3 Å². The van der Waals surface area contributed by atoms with Crippen LogP contribution in [0, 0.1) is 57.2 Å². The molecule has 0 N–H and O–H groups in total. The van der Waals surface area contributed by atoms with Crippen LogP contribution in [0.4, 0.5) is 26.3 Å². The van der Waals surface area contributed by atoms with E-state index in [1.54, 1.807) is 12.1 Å². The summed E-state index contributed by atoms with van der Waals surface area (Å²) in [6.07, 6.45) is -1.75. The Morgan fingerprint density at radius 1 is 0.742 bits per heavy atom. The van der Waals surface area contributed by atoms with Crippen molar-refractivity contribution >= 4 is 11.9 Å². The Bertz CT molecular complexity index is 1970. The number of hydrogen-bond acceptors (Lipinski definition) is 6. The lowest BCUT2D eigenvalue weighted by atomic mass is 9.43. The zero-order valence-corrected chi connectivity index (χ0v) is 37.2. The van der Waals surface area contributed by atoms with Gasteiger partial charge in [0.05, 0.1) is 6.61 Å². The fourth-order valence-electron chi connectivity index (χ4n) is 14.3. The van der Waals surface area contributed by atoms with Crippen molar-refractivity contribution in [2.75, 3.05) is 20.8 Å². The summed E-state index contributed by atoms with van der Waals surface area (Å²) in [5.41, 5.74) is -6.35. The van der Waals surface area contributed by atoms with Gasteiger partial charge in [-0.25, -0.2) is 9.59 Å². The topological polar surface area (TPSA) is 71.1 Å². The number of carbonyl (C=O) groups is 2. The third-order valence-electron chi connectivity index (χ3n) is 17.9. The average Bonchev–Trinajstić information content (AvgIpc) is 3.81. The molecule has 342 valence electrons. The van der Waals surface area contributed by atoms with Crippen molar-refractivity contribution in [1.82, 2.24) is 0 Å². The number of esters is 2. The number of alkyl halides is 6. The van der Waals surface area contributed by atoms with Crippen molar-refractivity contribution in [3.63, 3.8) is 0 Å². The summed E-state index contributed by atoms with van der Waals surface area (Å²) in [6.45, 7) is 15.1. The minimum Gasteiger partial charge on any atom is -0.463 e. The molecule has 0 unspecified atom stereocenters.